The summed E-state index contributed by atoms with van der Waals surface area (Å²) < 4.78 is 12.6. The van der Waals surface area contributed by atoms with Crippen LogP contribution in [-0.4, -0.2) is 48.2 Å². The number of esters is 1. The van der Waals surface area contributed by atoms with Gasteiger partial charge in [0.05, 0.1) is 24.4 Å². The first-order chi connectivity index (χ1) is 15.2. The fourth-order valence-corrected chi connectivity index (χ4v) is 4.20. The lowest BCUT2D eigenvalue weighted by Crippen LogP contribution is -2.28. The summed E-state index contributed by atoms with van der Waals surface area (Å²) in [6.45, 7) is 12.8. The van der Waals surface area contributed by atoms with E-state index in [0.29, 0.717) is 30.0 Å². The maximum atomic E-state index is 13.3. The molecule has 32 heavy (non-hydrogen) atoms. The van der Waals surface area contributed by atoms with Crippen molar-refractivity contribution < 1.29 is 19.1 Å². The van der Waals surface area contributed by atoms with E-state index in [1.807, 2.05) is 26.0 Å². The van der Waals surface area contributed by atoms with Gasteiger partial charge >= 0.3 is 5.97 Å². The van der Waals surface area contributed by atoms with E-state index in [1.54, 1.807) is 25.9 Å². The highest BCUT2D eigenvalue weighted by atomic mass is 16.5. The highest BCUT2D eigenvalue weighted by molar-refractivity contribution is 6.16. The monoisotopic (exact) mass is 436 g/mol. The number of benzene rings is 1. The molecule has 0 saturated carbocycles. The van der Waals surface area contributed by atoms with Crippen LogP contribution < -0.4 is 0 Å². The number of hydrogen-bond acceptors (Lipinski definition) is 4. The normalized spacial score (nSPS) is 15.3. The van der Waals surface area contributed by atoms with E-state index >= 15 is 0 Å². The van der Waals surface area contributed by atoms with Gasteiger partial charge in [-0.05, 0) is 76.4 Å². The van der Waals surface area contributed by atoms with E-state index in [4.69, 9.17) is 9.47 Å². The van der Waals surface area contributed by atoms with Crippen LogP contribution in [-0.2, 0) is 19.1 Å². The Morgan fingerprint density at radius 3 is 2.47 bits per heavy atom. The van der Waals surface area contributed by atoms with E-state index in [2.05, 4.69) is 36.6 Å². The zero-order valence-electron chi connectivity index (χ0n) is 20.0. The molecule has 170 valence electrons. The summed E-state index contributed by atoms with van der Waals surface area (Å²) in [5.41, 5.74) is 7.71. The van der Waals surface area contributed by atoms with Gasteiger partial charge in [0.1, 0.15) is 0 Å². The quantitative estimate of drug-likeness (QED) is 0.476. The van der Waals surface area contributed by atoms with Crippen LogP contribution in [0.3, 0.4) is 0 Å². The van der Waals surface area contributed by atoms with Gasteiger partial charge in [0.2, 0.25) is 0 Å². The largest absolute Gasteiger partial charge is 0.462 e. The van der Waals surface area contributed by atoms with Crippen LogP contribution in [0.4, 0.5) is 0 Å². The Morgan fingerprint density at radius 1 is 1.09 bits per heavy atom. The molecule has 0 atom stereocenters. The molecule has 0 spiro atoms. The van der Waals surface area contributed by atoms with Gasteiger partial charge in [-0.3, -0.25) is 4.79 Å². The van der Waals surface area contributed by atoms with Crippen molar-refractivity contribution in [3.63, 3.8) is 0 Å². The van der Waals surface area contributed by atoms with Gasteiger partial charge in [-0.15, -0.1) is 0 Å². The third-order valence-electron chi connectivity index (χ3n) is 5.89. The van der Waals surface area contributed by atoms with E-state index in [-0.39, 0.29) is 12.5 Å². The number of amides is 1. The third-order valence-corrected chi connectivity index (χ3v) is 5.89. The minimum absolute atomic E-state index is 0.209. The molecule has 1 amide bonds. The lowest BCUT2D eigenvalue weighted by atomic mass is 10.0. The van der Waals surface area contributed by atoms with E-state index in [0.717, 1.165) is 22.6 Å². The highest BCUT2D eigenvalue weighted by Crippen LogP contribution is 2.33. The zero-order chi connectivity index (χ0) is 23.6. The number of carbonyl (C=O) groups is 2. The molecule has 1 aliphatic heterocycles. The van der Waals surface area contributed by atoms with Gasteiger partial charge in [-0.1, -0.05) is 12.1 Å². The number of hydrogen-bond donors (Lipinski definition) is 0. The van der Waals surface area contributed by atoms with Gasteiger partial charge in [-0.2, -0.15) is 0 Å². The Hall–Kier alpha value is -3.12. The van der Waals surface area contributed by atoms with Crippen molar-refractivity contribution in [2.45, 2.75) is 41.5 Å². The summed E-state index contributed by atoms with van der Waals surface area (Å²) in [4.78, 5) is 27.6. The lowest BCUT2D eigenvalue weighted by Gasteiger charge is -2.16. The van der Waals surface area contributed by atoms with Crippen LogP contribution in [0.25, 0.3) is 11.8 Å². The molecule has 1 aliphatic rings. The Kier molecular flexibility index (Phi) is 7.04. The van der Waals surface area contributed by atoms with Crippen molar-refractivity contribution in [2.24, 2.45) is 0 Å². The molecule has 2 aromatic rings. The first kappa shape index (κ1) is 23.5. The molecule has 0 saturated heterocycles. The molecule has 0 fully saturated rings. The molecule has 3 rings (SSSR count). The second kappa shape index (κ2) is 9.57. The smallest absolute Gasteiger partial charge is 0.340 e. The number of nitrogens with zero attached hydrogens (tertiary/aromatic N) is 2. The average Bonchev–Trinajstić information content (AvgIpc) is 3.15. The van der Waals surface area contributed by atoms with Crippen molar-refractivity contribution in [3.8, 4) is 5.69 Å². The SMILES string of the molecule is CCOC(=O)C1=C(C)N(CCOC)C(=O)/C1=C\c1cc(C)n(-c2cc(C)ccc2C)c1C. The summed E-state index contributed by atoms with van der Waals surface area (Å²) in [6.07, 6.45) is 1.81. The van der Waals surface area contributed by atoms with Gasteiger partial charge in [0.25, 0.3) is 5.91 Å². The van der Waals surface area contributed by atoms with Crippen molar-refractivity contribution in [2.75, 3.05) is 26.9 Å². The first-order valence-electron chi connectivity index (χ1n) is 10.9. The second-order valence-corrected chi connectivity index (χ2v) is 8.14. The maximum Gasteiger partial charge on any atom is 0.340 e. The maximum absolute atomic E-state index is 13.3. The number of methoxy groups -OCH3 is 1. The number of ether oxygens (including phenoxy) is 2. The van der Waals surface area contributed by atoms with Gasteiger partial charge < -0.3 is 18.9 Å². The minimum Gasteiger partial charge on any atom is -0.462 e. The van der Waals surface area contributed by atoms with Crippen molar-refractivity contribution in [1.82, 2.24) is 9.47 Å². The van der Waals surface area contributed by atoms with E-state index in [9.17, 15) is 9.59 Å². The Bertz CT molecular complexity index is 1120. The van der Waals surface area contributed by atoms with E-state index < -0.39 is 5.97 Å². The van der Waals surface area contributed by atoms with Crippen LogP contribution in [0.5, 0.6) is 0 Å². The fourth-order valence-electron chi connectivity index (χ4n) is 4.20. The summed E-state index contributed by atoms with van der Waals surface area (Å²) in [5, 5.41) is 0. The van der Waals surface area contributed by atoms with Crippen molar-refractivity contribution in [1.29, 1.82) is 0 Å². The summed E-state index contributed by atoms with van der Waals surface area (Å²) in [5.74, 6) is -0.688. The summed E-state index contributed by atoms with van der Waals surface area (Å²) >= 11 is 0. The Balaban J connectivity index is 2.13. The van der Waals surface area contributed by atoms with Crippen LogP contribution in [0.15, 0.2) is 41.1 Å². The molecular weight excluding hydrogens is 404 g/mol. The molecule has 0 aliphatic carbocycles. The predicted molar refractivity (Wildman–Crippen MR) is 126 cm³/mol. The third kappa shape index (κ3) is 4.28. The number of aryl methyl sites for hydroxylation is 3. The van der Waals surface area contributed by atoms with Crippen LogP contribution in [0, 0.1) is 27.7 Å². The summed E-state index contributed by atoms with van der Waals surface area (Å²) in [6, 6.07) is 8.42. The standard InChI is InChI=1S/C26H32N2O4/c1-8-32-26(30)24-20(6)27(11-12-31-7)25(29)22(24)15-21-14-18(4)28(19(21)5)23-13-16(2)9-10-17(23)3/h9-10,13-15H,8,11-12H2,1-7H3/b22-15-. The topological polar surface area (TPSA) is 60.8 Å². The molecule has 1 aromatic carbocycles. The lowest BCUT2D eigenvalue weighted by molar-refractivity contribution is -0.138. The van der Waals surface area contributed by atoms with Crippen molar-refractivity contribution in [3.05, 3.63) is 69.2 Å². The molecule has 2 heterocycles. The minimum atomic E-state index is -0.479. The number of rotatable bonds is 7. The number of allylic oxidation sites excluding steroid dienone is 1. The van der Waals surface area contributed by atoms with Crippen LogP contribution in [0.2, 0.25) is 0 Å². The second-order valence-electron chi connectivity index (χ2n) is 8.14. The summed E-state index contributed by atoms with van der Waals surface area (Å²) in [7, 11) is 1.59. The average molecular weight is 437 g/mol. The molecular formula is C26H32N2O4. The van der Waals surface area contributed by atoms with E-state index in [1.165, 1.54) is 11.1 Å². The Labute approximate surface area is 190 Å². The molecule has 0 unspecified atom stereocenters. The molecule has 0 radical (unpaired) electrons. The Morgan fingerprint density at radius 2 is 1.81 bits per heavy atom. The van der Waals surface area contributed by atoms with Gasteiger partial charge in [0.15, 0.2) is 0 Å². The molecule has 0 bridgehead atoms. The molecule has 1 aromatic heterocycles. The van der Waals surface area contributed by atoms with Crippen molar-refractivity contribution >= 4 is 18.0 Å². The van der Waals surface area contributed by atoms with Crippen LogP contribution >= 0.6 is 0 Å². The molecule has 6 heteroatoms. The zero-order valence-corrected chi connectivity index (χ0v) is 20.0. The first-order valence-corrected chi connectivity index (χ1v) is 10.9. The highest BCUT2D eigenvalue weighted by Gasteiger charge is 2.37. The van der Waals surface area contributed by atoms with Gasteiger partial charge in [-0.25, -0.2) is 4.79 Å². The van der Waals surface area contributed by atoms with Gasteiger partial charge in [0, 0.05) is 36.4 Å². The molecule has 6 nitrogen and oxygen atoms in total. The fraction of sp³-hybridized carbons (Fsp3) is 0.385. The number of carbonyl (C=O) groups excluding carboxylic acids is 2. The number of aromatic nitrogens is 1. The predicted octanol–water partition coefficient (Wildman–Crippen LogP) is 4.42. The van der Waals surface area contributed by atoms with Crippen LogP contribution in [0.1, 0.15) is 41.9 Å². The molecule has 0 N–H and O–H groups in total.